The first-order valence-corrected chi connectivity index (χ1v) is 4.30. The highest BCUT2D eigenvalue weighted by molar-refractivity contribution is 5.17. The second kappa shape index (κ2) is 2.77. The molecule has 0 saturated carbocycles. The summed E-state index contributed by atoms with van der Waals surface area (Å²) in [5, 5.41) is 0. The van der Waals surface area contributed by atoms with E-state index in [-0.39, 0.29) is 0 Å². The standard InChI is InChI=1S/C10H18/c1-7-5-6-8(2)10(4)9(7)3/h7-8H,5-6H2,1-4H3. The van der Waals surface area contributed by atoms with Crippen LogP contribution >= 0.6 is 0 Å². The highest BCUT2D eigenvalue weighted by Crippen LogP contribution is 2.32. The Morgan fingerprint density at radius 2 is 1.20 bits per heavy atom. The van der Waals surface area contributed by atoms with E-state index in [4.69, 9.17) is 0 Å². The molecule has 0 aromatic heterocycles. The van der Waals surface area contributed by atoms with Crippen LogP contribution in [0, 0.1) is 11.8 Å². The van der Waals surface area contributed by atoms with Crippen molar-refractivity contribution in [1.82, 2.24) is 0 Å². The second-order valence-corrected chi connectivity index (χ2v) is 3.75. The van der Waals surface area contributed by atoms with Crippen LogP contribution in [-0.2, 0) is 0 Å². The molecule has 58 valence electrons. The van der Waals surface area contributed by atoms with E-state index in [0.29, 0.717) is 0 Å². The monoisotopic (exact) mass is 138 g/mol. The Kier molecular flexibility index (Phi) is 2.18. The average molecular weight is 138 g/mol. The third kappa shape index (κ3) is 1.25. The lowest BCUT2D eigenvalue weighted by Gasteiger charge is -2.26. The van der Waals surface area contributed by atoms with Gasteiger partial charge in [0.05, 0.1) is 0 Å². The van der Waals surface area contributed by atoms with Crippen LogP contribution in [0.4, 0.5) is 0 Å². The second-order valence-electron chi connectivity index (χ2n) is 3.75. The molecule has 1 aliphatic rings. The van der Waals surface area contributed by atoms with E-state index in [9.17, 15) is 0 Å². The smallest absolute Gasteiger partial charge is 0.0232 e. The van der Waals surface area contributed by atoms with Crippen LogP contribution in [0.3, 0.4) is 0 Å². The maximum Gasteiger partial charge on any atom is -0.0232 e. The normalized spacial score (nSPS) is 34.8. The number of hydrogen-bond donors (Lipinski definition) is 0. The van der Waals surface area contributed by atoms with Crippen molar-refractivity contribution in [3.63, 3.8) is 0 Å². The Morgan fingerprint density at radius 3 is 1.50 bits per heavy atom. The van der Waals surface area contributed by atoms with E-state index in [1.54, 1.807) is 11.1 Å². The molecule has 1 rings (SSSR count). The lowest BCUT2D eigenvalue weighted by atomic mass is 9.80. The number of allylic oxidation sites excluding steroid dienone is 2. The van der Waals surface area contributed by atoms with Crippen molar-refractivity contribution in [1.29, 1.82) is 0 Å². The first kappa shape index (κ1) is 7.84. The van der Waals surface area contributed by atoms with Gasteiger partial charge in [0.25, 0.3) is 0 Å². The summed E-state index contributed by atoms with van der Waals surface area (Å²) in [6, 6.07) is 0. The molecule has 0 radical (unpaired) electrons. The molecule has 0 fully saturated rings. The van der Waals surface area contributed by atoms with Gasteiger partial charge in [-0.1, -0.05) is 25.0 Å². The molecular weight excluding hydrogens is 120 g/mol. The minimum atomic E-state index is 0.844. The average Bonchev–Trinajstić information content (AvgIpc) is 1.93. The van der Waals surface area contributed by atoms with Crippen LogP contribution in [0.5, 0.6) is 0 Å². The minimum absolute atomic E-state index is 0.844. The Labute approximate surface area is 64.3 Å². The first-order valence-electron chi connectivity index (χ1n) is 4.30. The Balaban J connectivity index is 2.81. The summed E-state index contributed by atoms with van der Waals surface area (Å²) in [4.78, 5) is 0. The van der Waals surface area contributed by atoms with Gasteiger partial charge in [-0.25, -0.2) is 0 Å². The molecule has 0 spiro atoms. The Bertz CT molecular complexity index is 135. The zero-order chi connectivity index (χ0) is 7.72. The Morgan fingerprint density at radius 1 is 0.900 bits per heavy atom. The van der Waals surface area contributed by atoms with Crippen molar-refractivity contribution in [2.45, 2.75) is 40.5 Å². The van der Waals surface area contributed by atoms with E-state index >= 15 is 0 Å². The van der Waals surface area contributed by atoms with E-state index in [2.05, 4.69) is 27.7 Å². The van der Waals surface area contributed by atoms with Gasteiger partial charge < -0.3 is 0 Å². The van der Waals surface area contributed by atoms with E-state index in [1.165, 1.54) is 12.8 Å². The van der Waals surface area contributed by atoms with Gasteiger partial charge in [0.15, 0.2) is 0 Å². The van der Waals surface area contributed by atoms with Crippen molar-refractivity contribution in [3.8, 4) is 0 Å². The maximum atomic E-state index is 2.34. The number of rotatable bonds is 0. The van der Waals surface area contributed by atoms with Crippen LogP contribution in [0.1, 0.15) is 40.5 Å². The molecule has 0 aromatic rings. The van der Waals surface area contributed by atoms with Gasteiger partial charge in [-0.3, -0.25) is 0 Å². The lowest BCUT2D eigenvalue weighted by molar-refractivity contribution is 0.456. The predicted molar refractivity (Wildman–Crippen MR) is 45.9 cm³/mol. The van der Waals surface area contributed by atoms with Crippen molar-refractivity contribution in [3.05, 3.63) is 11.1 Å². The molecule has 0 nitrogen and oxygen atoms in total. The molecule has 0 heteroatoms. The summed E-state index contributed by atoms with van der Waals surface area (Å²) in [5.74, 6) is 1.69. The molecule has 2 unspecified atom stereocenters. The summed E-state index contributed by atoms with van der Waals surface area (Å²) in [5.41, 5.74) is 3.28. The van der Waals surface area contributed by atoms with E-state index in [1.807, 2.05) is 0 Å². The van der Waals surface area contributed by atoms with Crippen molar-refractivity contribution < 1.29 is 0 Å². The SMILES string of the molecule is CC1=C(C)C(C)CCC1C. The molecule has 10 heavy (non-hydrogen) atoms. The third-order valence-electron chi connectivity index (χ3n) is 3.13. The van der Waals surface area contributed by atoms with E-state index < -0.39 is 0 Å². The molecule has 0 heterocycles. The summed E-state index contributed by atoms with van der Waals surface area (Å²) < 4.78 is 0. The molecule has 0 aliphatic heterocycles. The van der Waals surface area contributed by atoms with Crippen LogP contribution < -0.4 is 0 Å². The van der Waals surface area contributed by atoms with Crippen LogP contribution in [-0.4, -0.2) is 0 Å². The van der Waals surface area contributed by atoms with Crippen LogP contribution in [0.15, 0.2) is 11.1 Å². The van der Waals surface area contributed by atoms with Crippen molar-refractivity contribution in [2.75, 3.05) is 0 Å². The van der Waals surface area contributed by atoms with Gasteiger partial charge in [0.1, 0.15) is 0 Å². The van der Waals surface area contributed by atoms with E-state index in [0.717, 1.165) is 11.8 Å². The minimum Gasteiger partial charge on any atom is -0.0713 e. The fraction of sp³-hybridized carbons (Fsp3) is 0.800. The highest BCUT2D eigenvalue weighted by Gasteiger charge is 2.18. The first-order chi connectivity index (χ1) is 4.63. The van der Waals surface area contributed by atoms with Gasteiger partial charge in [0, 0.05) is 0 Å². The zero-order valence-electron chi connectivity index (χ0n) is 7.57. The summed E-state index contributed by atoms with van der Waals surface area (Å²) in [6.45, 7) is 9.25. The summed E-state index contributed by atoms with van der Waals surface area (Å²) in [7, 11) is 0. The molecule has 0 saturated heterocycles. The molecule has 0 aromatic carbocycles. The molecule has 0 bridgehead atoms. The van der Waals surface area contributed by atoms with Crippen molar-refractivity contribution in [2.24, 2.45) is 11.8 Å². The van der Waals surface area contributed by atoms with Crippen LogP contribution in [0.25, 0.3) is 0 Å². The topological polar surface area (TPSA) is 0 Å². The zero-order valence-corrected chi connectivity index (χ0v) is 7.57. The fourth-order valence-electron chi connectivity index (χ4n) is 1.71. The summed E-state index contributed by atoms with van der Waals surface area (Å²) >= 11 is 0. The quantitative estimate of drug-likeness (QED) is 0.450. The molecule has 0 amide bonds. The third-order valence-corrected chi connectivity index (χ3v) is 3.13. The largest absolute Gasteiger partial charge is 0.0713 e. The van der Waals surface area contributed by atoms with Gasteiger partial charge in [0.2, 0.25) is 0 Å². The van der Waals surface area contributed by atoms with Crippen LogP contribution in [0.2, 0.25) is 0 Å². The van der Waals surface area contributed by atoms with Gasteiger partial charge in [-0.05, 0) is 38.5 Å². The maximum absolute atomic E-state index is 2.34. The fourth-order valence-corrected chi connectivity index (χ4v) is 1.71. The van der Waals surface area contributed by atoms with Crippen molar-refractivity contribution >= 4 is 0 Å². The summed E-state index contributed by atoms with van der Waals surface area (Å²) in [6.07, 6.45) is 2.79. The predicted octanol–water partition coefficient (Wildman–Crippen LogP) is 3.39. The van der Waals surface area contributed by atoms with Gasteiger partial charge >= 0.3 is 0 Å². The molecule has 2 atom stereocenters. The van der Waals surface area contributed by atoms with Gasteiger partial charge in [-0.2, -0.15) is 0 Å². The molecule has 0 N–H and O–H groups in total. The molecule has 1 aliphatic carbocycles. The Hall–Kier alpha value is -0.260. The van der Waals surface area contributed by atoms with Gasteiger partial charge in [-0.15, -0.1) is 0 Å². The highest BCUT2D eigenvalue weighted by atomic mass is 14.2. The molecular formula is C10H18. The lowest BCUT2D eigenvalue weighted by Crippen LogP contribution is -2.12. The number of hydrogen-bond acceptors (Lipinski definition) is 0.